The molecule has 0 amide bonds. The maximum Gasteiger partial charge on any atom is 0.129 e. The molecule has 0 atom stereocenters. The van der Waals surface area contributed by atoms with Crippen LogP contribution in [0, 0.1) is 6.92 Å². The van der Waals surface area contributed by atoms with Gasteiger partial charge in [0, 0.05) is 4.43 Å². The van der Waals surface area contributed by atoms with Crippen LogP contribution in [0.4, 0.5) is 0 Å². The number of rotatable bonds is 1. The lowest BCUT2D eigenvalue weighted by Crippen LogP contribution is -1.86. The van der Waals surface area contributed by atoms with Crippen molar-refractivity contribution in [3.63, 3.8) is 0 Å². The number of nitrogens with zero attached hydrogens (tertiary/aromatic N) is 1. The van der Waals surface area contributed by atoms with Gasteiger partial charge in [0.15, 0.2) is 0 Å². The number of pyridine rings is 1. The van der Waals surface area contributed by atoms with Crippen molar-refractivity contribution in [2.24, 2.45) is 0 Å². The smallest absolute Gasteiger partial charge is 0.129 e. The summed E-state index contributed by atoms with van der Waals surface area (Å²) in [6, 6.07) is 3.90. The van der Waals surface area contributed by atoms with E-state index in [2.05, 4.69) is 27.6 Å². The van der Waals surface area contributed by atoms with E-state index in [1.54, 1.807) is 0 Å². The van der Waals surface area contributed by atoms with Crippen molar-refractivity contribution < 1.29 is 0 Å². The van der Waals surface area contributed by atoms with E-state index in [1.807, 2.05) is 19.1 Å². The highest BCUT2D eigenvalue weighted by Gasteiger charge is 1.94. The van der Waals surface area contributed by atoms with E-state index >= 15 is 0 Å². The summed E-state index contributed by atoms with van der Waals surface area (Å²) in [5.41, 5.74) is 2.22. The van der Waals surface area contributed by atoms with Crippen LogP contribution in [0.3, 0.4) is 0 Å². The summed E-state index contributed by atoms with van der Waals surface area (Å²) in [5.74, 6) is 0. The van der Waals surface area contributed by atoms with Crippen LogP contribution >= 0.6 is 34.2 Å². The molecule has 0 spiro atoms. The highest BCUT2D eigenvalue weighted by atomic mass is 127. The Hall–Kier alpha value is 0.170. The van der Waals surface area contributed by atoms with Gasteiger partial charge in [0.2, 0.25) is 0 Å². The van der Waals surface area contributed by atoms with Crippen molar-refractivity contribution >= 4 is 34.2 Å². The average molecular weight is 267 g/mol. The van der Waals surface area contributed by atoms with Gasteiger partial charge in [0.05, 0.1) is 5.69 Å². The number of aryl methyl sites for hydroxylation is 1. The van der Waals surface area contributed by atoms with Gasteiger partial charge in [-0.2, -0.15) is 0 Å². The molecule has 10 heavy (non-hydrogen) atoms. The fourth-order valence-electron chi connectivity index (χ4n) is 0.763. The van der Waals surface area contributed by atoms with Crippen LogP contribution in [0.1, 0.15) is 11.3 Å². The first kappa shape index (κ1) is 8.27. The van der Waals surface area contributed by atoms with Gasteiger partial charge in [-0.15, -0.1) is 0 Å². The van der Waals surface area contributed by atoms with E-state index in [9.17, 15) is 0 Å². The Balaban J connectivity index is 3.06. The molecule has 0 unspecified atom stereocenters. The predicted molar refractivity (Wildman–Crippen MR) is 51.7 cm³/mol. The van der Waals surface area contributed by atoms with Gasteiger partial charge in [0.25, 0.3) is 0 Å². The van der Waals surface area contributed by atoms with Crippen molar-refractivity contribution in [3.8, 4) is 0 Å². The Morgan fingerprint density at radius 1 is 1.60 bits per heavy atom. The zero-order valence-electron chi connectivity index (χ0n) is 5.56. The lowest BCUT2D eigenvalue weighted by Gasteiger charge is -1.97. The first-order valence-corrected chi connectivity index (χ1v) is 4.82. The second kappa shape index (κ2) is 3.53. The minimum atomic E-state index is 0.590. The number of aromatic nitrogens is 1. The molecule has 3 heteroatoms. The van der Waals surface area contributed by atoms with E-state index in [-0.39, 0.29) is 0 Å². The standard InChI is InChI=1S/C7H7ClIN/c1-5-2-6(4-9)10-7(8)3-5/h2-3H,4H2,1H3. The molecule has 0 bridgehead atoms. The van der Waals surface area contributed by atoms with Crippen molar-refractivity contribution in [1.29, 1.82) is 0 Å². The second-order valence-corrected chi connectivity index (χ2v) is 3.24. The summed E-state index contributed by atoms with van der Waals surface area (Å²) in [6.45, 7) is 2.02. The van der Waals surface area contributed by atoms with E-state index in [1.165, 1.54) is 5.56 Å². The zero-order chi connectivity index (χ0) is 7.56. The summed E-state index contributed by atoms with van der Waals surface area (Å²) in [4.78, 5) is 4.11. The molecule has 1 rings (SSSR count). The monoisotopic (exact) mass is 267 g/mol. The molecule has 0 radical (unpaired) electrons. The number of halogens is 2. The quantitative estimate of drug-likeness (QED) is 0.433. The van der Waals surface area contributed by atoms with E-state index in [0.29, 0.717) is 5.15 Å². The largest absolute Gasteiger partial charge is 0.240 e. The Morgan fingerprint density at radius 3 is 2.80 bits per heavy atom. The van der Waals surface area contributed by atoms with Crippen molar-refractivity contribution in [1.82, 2.24) is 4.98 Å². The highest BCUT2D eigenvalue weighted by Crippen LogP contribution is 2.11. The van der Waals surface area contributed by atoms with E-state index in [4.69, 9.17) is 11.6 Å². The maximum atomic E-state index is 5.71. The Labute approximate surface area is 78.9 Å². The predicted octanol–water partition coefficient (Wildman–Crippen LogP) is 2.98. The average Bonchev–Trinajstić information content (AvgIpc) is 1.85. The molecular weight excluding hydrogens is 260 g/mol. The topological polar surface area (TPSA) is 12.9 Å². The maximum absolute atomic E-state index is 5.71. The third-order valence-electron chi connectivity index (χ3n) is 1.13. The molecule has 0 saturated heterocycles. The van der Waals surface area contributed by atoms with Crippen molar-refractivity contribution in [3.05, 3.63) is 28.5 Å². The first-order chi connectivity index (χ1) is 4.72. The third kappa shape index (κ3) is 2.09. The number of hydrogen-bond acceptors (Lipinski definition) is 1. The molecule has 1 aromatic rings. The van der Waals surface area contributed by atoms with Gasteiger partial charge < -0.3 is 0 Å². The molecular formula is C7H7ClIN. The molecule has 54 valence electrons. The molecule has 0 aliphatic rings. The summed E-state index contributed by atoms with van der Waals surface area (Å²) in [7, 11) is 0. The van der Waals surface area contributed by atoms with Gasteiger partial charge in [0.1, 0.15) is 5.15 Å². The number of hydrogen-bond donors (Lipinski definition) is 0. The molecule has 1 heterocycles. The summed E-state index contributed by atoms with van der Waals surface area (Å²) in [5, 5.41) is 0.590. The summed E-state index contributed by atoms with van der Waals surface area (Å²) >= 11 is 7.98. The van der Waals surface area contributed by atoms with E-state index in [0.717, 1.165) is 10.1 Å². The Bertz CT molecular complexity index is 217. The van der Waals surface area contributed by atoms with Crippen LogP contribution in [0.25, 0.3) is 0 Å². The van der Waals surface area contributed by atoms with Gasteiger partial charge in [-0.3, -0.25) is 0 Å². The van der Waals surface area contributed by atoms with Gasteiger partial charge >= 0.3 is 0 Å². The van der Waals surface area contributed by atoms with E-state index < -0.39 is 0 Å². The number of alkyl halides is 1. The van der Waals surface area contributed by atoms with Crippen LogP contribution in [0.15, 0.2) is 12.1 Å². The van der Waals surface area contributed by atoms with Gasteiger partial charge in [-0.05, 0) is 24.6 Å². The molecule has 0 aliphatic carbocycles. The lowest BCUT2D eigenvalue weighted by molar-refractivity contribution is 1.17. The second-order valence-electron chi connectivity index (χ2n) is 2.09. The molecule has 1 nitrogen and oxygen atoms in total. The van der Waals surface area contributed by atoms with Crippen LogP contribution in [0.5, 0.6) is 0 Å². The lowest BCUT2D eigenvalue weighted by atomic mass is 10.3. The minimum absolute atomic E-state index is 0.590. The molecule has 0 aliphatic heterocycles. The third-order valence-corrected chi connectivity index (χ3v) is 2.10. The summed E-state index contributed by atoms with van der Waals surface area (Å²) < 4.78 is 0.916. The van der Waals surface area contributed by atoms with Crippen LogP contribution in [0.2, 0.25) is 5.15 Å². The fraction of sp³-hybridized carbons (Fsp3) is 0.286. The van der Waals surface area contributed by atoms with Crippen molar-refractivity contribution in [2.45, 2.75) is 11.4 Å². The fourth-order valence-corrected chi connectivity index (χ4v) is 1.43. The molecule has 1 aromatic heterocycles. The normalized spacial score (nSPS) is 9.90. The van der Waals surface area contributed by atoms with Crippen molar-refractivity contribution in [2.75, 3.05) is 0 Å². The van der Waals surface area contributed by atoms with Gasteiger partial charge in [-0.1, -0.05) is 34.2 Å². The molecule has 0 saturated carbocycles. The van der Waals surface area contributed by atoms with Crippen LogP contribution < -0.4 is 0 Å². The molecule has 0 aromatic carbocycles. The highest BCUT2D eigenvalue weighted by molar-refractivity contribution is 14.1. The first-order valence-electron chi connectivity index (χ1n) is 2.91. The SMILES string of the molecule is Cc1cc(Cl)nc(CI)c1. The zero-order valence-corrected chi connectivity index (χ0v) is 8.48. The minimum Gasteiger partial charge on any atom is -0.240 e. The Kier molecular flexibility index (Phi) is 2.92. The van der Waals surface area contributed by atoms with Crippen LogP contribution in [-0.4, -0.2) is 4.98 Å². The van der Waals surface area contributed by atoms with Gasteiger partial charge in [-0.25, -0.2) is 4.98 Å². The Morgan fingerprint density at radius 2 is 2.30 bits per heavy atom. The summed E-state index contributed by atoms with van der Waals surface area (Å²) in [6.07, 6.45) is 0. The molecule has 0 N–H and O–H groups in total. The molecule has 0 fully saturated rings. The van der Waals surface area contributed by atoms with Crippen LogP contribution in [-0.2, 0) is 4.43 Å².